The Morgan fingerprint density at radius 3 is 2.74 bits per heavy atom. The van der Waals surface area contributed by atoms with Crippen LogP contribution in [-0.2, 0) is 11.2 Å². The van der Waals surface area contributed by atoms with Crippen LogP contribution in [0.25, 0.3) is 11.4 Å². The number of amides is 1. The highest BCUT2D eigenvalue weighted by atomic mass is 32.2. The Labute approximate surface area is 139 Å². The van der Waals surface area contributed by atoms with E-state index in [1.807, 2.05) is 40.9 Å². The van der Waals surface area contributed by atoms with Gasteiger partial charge in [0.25, 0.3) is 0 Å². The quantitative estimate of drug-likeness (QED) is 0.836. The smallest absolute Gasteiger partial charge is 0.227 e. The first kappa shape index (κ1) is 15.9. The van der Waals surface area contributed by atoms with Gasteiger partial charge in [-0.25, -0.2) is 0 Å². The van der Waals surface area contributed by atoms with Crippen molar-refractivity contribution < 1.29 is 14.1 Å². The SMILES string of the molecule is COc1ccc(-c2noc(CCC(=O)N3CCSCC3)n2)cc1. The summed E-state index contributed by atoms with van der Waals surface area (Å²) in [6, 6.07) is 7.46. The molecule has 1 aromatic heterocycles. The first-order valence-electron chi connectivity index (χ1n) is 7.59. The second-order valence-electron chi connectivity index (χ2n) is 5.23. The van der Waals surface area contributed by atoms with Crippen LogP contribution < -0.4 is 4.74 Å². The van der Waals surface area contributed by atoms with E-state index in [1.54, 1.807) is 7.11 Å². The Hall–Kier alpha value is -2.02. The molecular weight excluding hydrogens is 314 g/mol. The van der Waals surface area contributed by atoms with E-state index in [0.29, 0.717) is 24.6 Å². The van der Waals surface area contributed by atoms with Crippen molar-refractivity contribution >= 4 is 17.7 Å². The number of aryl methyl sites for hydroxylation is 1. The zero-order chi connectivity index (χ0) is 16.1. The Kier molecular flexibility index (Phi) is 5.17. The first-order valence-corrected chi connectivity index (χ1v) is 8.74. The van der Waals surface area contributed by atoms with Gasteiger partial charge in [-0.1, -0.05) is 5.16 Å². The molecule has 1 aliphatic heterocycles. The van der Waals surface area contributed by atoms with Crippen LogP contribution in [0.4, 0.5) is 0 Å². The maximum atomic E-state index is 12.1. The number of methoxy groups -OCH3 is 1. The van der Waals surface area contributed by atoms with Crippen molar-refractivity contribution in [1.29, 1.82) is 0 Å². The van der Waals surface area contributed by atoms with Crippen LogP contribution in [0.15, 0.2) is 28.8 Å². The summed E-state index contributed by atoms with van der Waals surface area (Å²) in [6.07, 6.45) is 0.889. The van der Waals surface area contributed by atoms with Crippen LogP contribution in [0, 0.1) is 0 Å². The maximum Gasteiger partial charge on any atom is 0.227 e. The van der Waals surface area contributed by atoms with Crippen molar-refractivity contribution in [3.05, 3.63) is 30.2 Å². The van der Waals surface area contributed by atoms with Gasteiger partial charge in [0.05, 0.1) is 7.11 Å². The molecule has 6 nitrogen and oxygen atoms in total. The molecular formula is C16H19N3O3S. The fraction of sp³-hybridized carbons (Fsp3) is 0.438. The third kappa shape index (κ3) is 4.04. The summed E-state index contributed by atoms with van der Waals surface area (Å²) in [5.74, 6) is 4.01. The van der Waals surface area contributed by atoms with Gasteiger partial charge in [0.15, 0.2) is 0 Å². The zero-order valence-corrected chi connectivity index (χ0v) is 13.8. The van der Waals surface area contributed by atoms with E-state index in [1.165, 1.54) is 0 Å². The fourth-order valence-electron chi connectivity index (χ4n) is 2.40. The summed E-state index contributed by atoms with van der Waals surface area (Å²) in [4.78, 5) is 18.4. The van der Waals surface area contributed by atoms with Crippen LogP contribution in [0.5, 0.6) is 5.75 Å². The monoisotopic (exact) mass is 333 g/mol. The van der Waals surface area contributed by atoms with E-state index in [9.17, 15) is 4.79 Å². The van der Waals surface area contributed by atoms with Gasteiger partial charge in [0, 0.05) is 43.0 Å². The van der Waals surface area contributed by atoms with Crippen molar-refractivity contribution in [1.82, 2.24) is 15.0 Å². The minimum atomic E-state index is 0.162. The van der Waals surface area contributed by atoms with Gasteiger partial charge in [0.1, 0.15) is 5.75 Å². The predicted octanol–water partition coefficient (Wildman–Crippen LogP) is 2.25. The molecule has 0 spiro atoms. The second-order valence-corrected chi connectivity index (χ2v) is 6.46. The van der Waals surface area contributed by atoms with Crippen molar-refractivity contribution in [2.24, 2.45) is 0 Å². The van der Waals surface area contributed by atoms with E-state index in [-0.39, 0.29) is 5.91 Å². The van der Waals surface area contributed by atoms with Gasteiger partial charge in [-0.05, 0) is 24.3 Å². The zero-order valence-electron chi connectivity index (χ0n) is 13.0. The molecule has 1 aliphatic rings. The van der Waals surface area contributed by atoms with Crippen LogP contribution in [0.3, 0.4) is 0 Å². The molecule has 1 amide bonds. The van der Waals surface area contributed by atoms with Crippen LogP contribution in [-0.4, -0.2) is 52.7 Å². The normalized spacial score (nSPS) is 14.7. The van der Waals surface area contributed by atoms with Gasteiger partial charge >= 0.3 is 0 Å². The van der Waals surface area contributed by atoms with E-state index in [4.69, 9.17) is 9.26 Å². The lowest BCUT2D eigenvalue weighted by atomic mass is 10.2. The minimum absolute atomic E-state index is 0.162. The van der Waals surface area contributed by atoms with Gasteiger partial charge < -0.3 is 14.2 Å². The number of ether oxygens (including phenoxy) is 1. The molecule has 1 saturated heterocycles. The fourth-order valence-corrected chi connectivity index (χ4v) is 3.30. The Bertz CT molecular complexity index is 651. The van der Waals surface area contributed by atoms with Gasteiger partial charge in [-0.2, -0.15) is 16.7 Å². The molecule has 1 aromatic carbocycles. The van der Waals surface area contributed by atoms with Gasteiger partial charge in [-0.15, -0.1) is 0 Å². The molecule has 0 radical (unpaired) electrons. The van der Waals surface area contributed by atoms with Crippen molar-refractivity contribution in [2.45, 2.75) is 12.8 Å². The van der Waals surface area contributed by atoms with Crippen LogP contribution in [0.1, 0.15) is 12.3 Å². The summed E-state index contributed by atoms with van der Waals surface area (Å²) in [5, 5.41) is 3.98. The number of carbonyl (C=O) groups is 1. The van der Waals surface area contributed by atoms with Crippen LogP contribution in [0.2, 0.25) is 0 Å². The molecule has 1 fully saturated rings. The predicted molar refractivity (Wildman–Crippen MR) is 88.5 cm³/mol. The molecule has 0 atom stereocenters. The topological polar surface area (TPSA) is 68.5 Å². The lowest BCUT2D eigenvalue weighted by Gasteiger charge is -2.26. The molecule has 122 valence electrons. The number of nitrogens with zero attached hydrogens (tertiary/aromatic N) is 3. The highest BCUT2D eigenvalue weighted by Gasteiger charge is 2.18. The lowest BCUT2D eigenvalue weighted by molar-refractivity contribution is -0.130. The number of thioether (sulfide) groups is 1. The summed E-state index contributed by atoms with van der Waals surface area (Å²) in [7, 11) is 1.62. The number of hydrogen-bond donors (Lipinski definition) is 0. The molecule has 0 saturated carbocycles. The van der Waals surface area contributed by atoms with E-state index in [0.717, 1.165) is 35.9 Å². The molecule has 0 N–H and O–H groups in total. The highest BCUT2D eigenvalue weighted by Crippen LogP contribution is 2.20. The molecule has 3 rings (SSSR count). The Morgan fingerprint density at radius 2 is 2.04 bits per heavy atom. The molecule has 2 aromatic rings. The second kappa shape index (κ2) is 7.50. The Balaban J connectivity index is 1.57. The molecule has 0 aliphatic carbocycles. The first-order chi connectivity index (χ1) is 11.3. The third-order valence-corrected chi connectivity index (χ3v) is 4.68. The van der Waals surface area contributed by atoms with Crippen LogP contribution >= 0.6 is 11.8 Å². The average molecular weight is 333 g/mol. The summed E-state index contributed by atoms with van der Waals surface area (Å²) in [5.41, 5.74) is 0.861. The third-order valence-electron chi connectivity index (χ3n) is 3.73. The molecule has 2 heterocycles. The van der Waals surface area contributed by atoms with Crippen molar-refractivity contribution in [3.8, 4) is 17.1 Å². The number of carbonyl (C=O) groups excluding carboxylic acids is 1. The average Bonchev–Trinajstić information content (AvgIpc) is 3.09. The standard InChI is InChI=1S/C16H19N3O3S/c1-21-13-4-2-12(3-5-13)16-17-14(22-18-16)6-7-15(20)19-8-10-23-11-9-19/h2-5H,6-11H2,1H3. The maximum absolute atomic E-state index is 12.1. The number of benzene rings is 1. The lowest BCUT2D eigenvalue weighted by Crippen LogP contribution is -2.37. The number of rotatable bonds is 5. The molecule has 0 bridgehead atoms. The van der Waals surface area contributed by atoms with Crippen molar-refractivity contribution in [2.75, 3.05) is 31.7 Å². The van der Waals surface area contributed by atoms with E-state index < -0.39 is 0 Å². The highest BCUT2D eigenvalue weighted by molar-refractivity contribution is 7.99. The largest absolute Gasteiger partial charge is 0.497 e. The van der Waals surface area contributed by atoms with Gasteiger partial charge in [0.2, 0.25) is 17.6 Å². The molecule has 23 heavy (non-hydrogen) atoms. The molecule has 7 heteroatoms. The number of hydrogen-bond acceptors (Lipinski definition) is 6. The van der Waals surface area contributed by atoms with Gasteiger partial charge in [-0.3, -0.25) is 4.79 Å². The summed E-state index contributed by atoms with van der Waals surface area (Å²) in [6.45, 7) is 1.68. The summed E-state index contributed by atoms with van der Waals surface area (Å²) < 4.78 is 10.4. The minimum Gasteiger partial charge on any atom is -0.497 e. The number of aromatic nitrogens is 2. The van der Waals surface area contributed by atoms with E-state index in [2.05, 4.69) is 10.1 Å². The van der Waals surface area contributed by atoms with E-state index >= 15 is 0 Å². The molecule has 0 unspecified atom stereocenters. The summed E-state index contributed by atoms with van der Waals surface area (Å²) >= 11 is 1.89. The van der Waals surface area contributed by atoms with Crippen molar-refractivity contribution in [3.63, 3.8) is 0 Å². The Morgan fingerprint density at radius 1 is 1.30 bits per heavy atom.